The second-order valence-electron chi connectivity index (χ2n) is 15.8. The lowest BCUT2D eigenvalue weighted by atomic mass is 9.82. The maximum absolute atomic E-state index is 6.56. The van der Waals surface area contributed by atoms with E-state index in [1.807, 2.05) is 30.3 Å². The first-order chi connectivity index (χ1) is 28.5. The van der Waals surface area contributed by atoms with Gasteiger partial charge in [-0.2, -0.15) is 0 Å². The lowest BCUT2D eigenvalue weighted by Crippen LogP contribution is -2.14. The molecule has 1 aliphatic rings. The van der Waals surface area contributed by atoms with Gasteiger partial charge in [0.15, 0.2) is 5.82 Å². The van der Waals surface area contributed by atoms with E-state index in [9.17, 15) is 0 Å². The van der Waals surface area contributed by atoms with Gasteiger partial charge in [0.2, 0.25) is 0 Å². The molecule has 0 fully saturated rings. The van der Waals surface area contributed by atoms with Crippen LogP contribution in [-0.4, -0.2) is 9.97 Å². The van der Waals surface area contributed by atoms with Gasteiger partial charge in [0.05, 0.1) is 11.4 Å². The smallest absolute Gasteiger partial charge is 0.160 e. The number of furan rings is 1. The Kier molecular flexibility index (Phi) is 7.84. The van der Waals surface area contributed by atoms with Crippen molar-refractivity contribution >= 4 is 21.9 Å². The Morgan fingerprint density at radius 1 is 0.362 bits per heavy atom. The molecule has 11 rings (SSSR count). The molecule has 3 heteroatoms. The predicted molar refractivity (Wildman–Crippen MR) is 239 cm³/mol. The van der Waals surface area contributed by atoms with Gasteiger partial charge in [-0.3, -0.25) is 0 Å². The standard InChI is InChI=1S/C55H38N2O/c1-55(2)48-25-11-9-21-44(48)47-33-38(27-28-49(47)55)37-19-13-20-39(29-37)50-34-51(57-54(56-50)36-17-7-4-8-18-36)42-31-40(35-15-5-3-6-16-35)30-41(32-42)43-23-14-24-46-45-22-10-12-26-52(45)58-53(43)46/h3-34H,1-2H3. The van der Waals surface area contributed by atoms with Crippen LogP contribution >= 0.6 is 0 Å². The molecule has 0 N–H and O–H groups in total. The van der Waals surface area contributed by atoms with Crippen LogP contribution in [0.25, 0.3) is 100 Å². The van der Waals surface area contributed by atoms with E-state index >= 15 is 0 Å². The van der Waals surface area contributed by atoms with E-state index in [0.29, 0.717) is 5.82 Å². The molecule has 0 saturated carbocycles. The van der Waals surface area contributed by atoms with Gasteiger partial charge in [-0.25, -0.2) is 9.97 Å². The molecule has 274 valence electrons. The number of hydrogen-bond acceptors (Lipinski definition) is 3. The predicted octanol–water partition coefficient (Wildman–Crippen LogP) is 14.7. The molecule has 0 amide bonds. The number of nitrogens with zero attached hydrogens (tertiary/aromatic N) is 2. The summed E-state index contributed by atoms with van der Waals surface area (Å²) in [6.45, 7) is 4.65. The Bertz CT molecular complexity index is 3190. The molecule has 0 atom stereocenters. The normalized spacial score (nSPS) is 12.8. The first-order valence-corrected chi connectivity index (χ1v) is 19.9. The van der Waals surface area contributed by atoms with Crippen LogP contribution in [-0.2, 0) is 5.41 Å². The monoisotopic (exact) mass is 742 g/mol. The molecule has 0 aliphatic heterocycles. The minimum atomic E-state index is -0.0340. The van der Waals surface area contributed by atoms with Crippen molar-refractivity contribution in [2.24, 2.45) is 0 Å². The summed E-state index contributed by atoms with van der Waals surface area (Å²) in [5.41, 5.74) is 18.5. The van der Waals surface area contributed by atoms with E-state index in [1.165, 1.54) is 27.8 Å². The average Bonchev–Trinajstić information content (AvgIpc) is 3.78. The van der Waals surface area contributed by atoms with Gasteiger partial charge in [-0.15, -0.1) is 0 Å². The van der Waals surface area contributed by atoms with E-state index in [0.717, 1.165) is 77.8 Å². The highest BCUT2D eigenvalue weighted by Gasteiger charge is 2.35. The summed E-state index contributed by atoms with van der Waals surface area (Å²) in [6.07, 6.45) is 0. The number of para-hydroxylation sites is 2. The van der Waals surface area contributed by atoms with Gasteiger partial charge < -0.3 is 4.42 Å². The highest BCUT2D eigenvalue weighted by atomic mass is 16.3. The maximum atomic E-state index is 6.56. The van der Waals surface area contributed by atoms with Crippen LogP contribution in [0.15, 0.2) is 199 Å². The third-order valence-electron chi connectivity index (χ3n) is 11.9. The molecule has 0 saturated heterocycles. The van der Waals surface area contributed by atoms with Gasteiger partial charge in [-0.1, -0.05) is 166 Å². The van der Waals surface area contributed by atoms with Crippen LogP contribution in [0.1, 0.15) is 25.0 Å². The molecule has 1 aliphatic carbocycles. The fourth-order valence-corrected chi connectivity index (χ4v) is 8.92. The molecule has 2 aromatic heterocycles. The molecule has 8 aromatic carbocycles. The minimum absolute atomic E-state index is 0.0340. The molecule has 10 aromatic rings. The van der Waals surface area contributed by atoms with Crippen molar-refractivity contribution in [2.45, 2.75) is 19.3 Å². The molecule has 3 nitrogen and oxygen atoms in total. The van der Waals surface area contributed by atoms with Crippen molar-refractivity contribution in [1.29, 1.82) is 0 Å². The first kappa shape index (κ1) is 33.9. The molecular weight excluding hydrogens is 705 g/mol. The van der Waals surface area contributed by atoms with Crippen LogP contribution in [0.3, 0.4) is 0 Å². The van der Waals surface area contributed by atoms with Crippen molar-refractivity contribution < 1.29 is 4.42 Å². The van der Waals surface area contributed by atoms with Crippen molar-refractivity contribution in [1.82, 2.24) is 9.97 Å². The van der Waals surface area contributed by atoms with Crippen LogP contribution in [0.4, 0.5) is 0 Å². The molecule has 0 bridgehead atoms. The third kappa shape index (κ3) is 5.66. The van der Waals surface area contributed by atoms with Gasteiger partial charge in [0.25, 0.3) is 0 Å². The third-order valence-corrected chi connectivity index (χ3v) is 11.9. The summed E-state index contributed by atoms with van der Waals surface area (Å²) in [5, 5.41) is 2.22. The topological polar surface area (TPSA) is 38.9 Å². The Balaban J connectivity index is 1.08. The largest absolute Gasteiger partial charge is 0.455 e. The number of hydrogen-bond donors (Lipinski definition) is 0. The van der Waals surface area contributed by atoms with Gasteiger partial charge in [0, 0.05) is 38.4 Å². The van der Waals surface area contributed by atoms with E-state index in [2.05, 4.69) is 178 Å². The second kappa shape index (κ2) is 13.4. The zero-order valence-corrected chi connectivity index (χ0v) is 32.3. The van der Waals surface area contributed by atoms with Crippen molar-refractivity contribution in [3.05, 3.63) is 205 Å². The highest BCUT2D eigenvalue weighted by molar-refractivity contribution is 6.10. The maximum Gasteiger partial charge on any atom is 0.160 e. The zero-order chi connectivity index (χ0) is 38.8. The van der Waals surface area contributed by atoms with Gasteiger partial charge >= 0.3 is 0 Å². The molecular formula is C55H38N2O. The van der Waals surface area contributed by atoms with E-state index < -0.39 is 0 Å². The summed E-state index contributed by atoms with van der Waals surface area (Å²) in [4.78, 5) is 10.5. The van der Waals surface area contributed by atoms with Gasteiger partial charge in [-0.05, 0) is 92.5 Å². The fourth-order valence-electron chi connectivity index (χ4n) is 8.92. The lowest BCUT2D eigenvalue weighted by molar-refractivity contribution is 0.660. The summed E-state index contributed by atoms with van der Waals surface area (Å²) in [6, 6.07) is 69.0. The Labute approximate surface area is 338 Å². The van der Waals surface area contributed by atoms with Crippen molar-refractivity contribution in [3.63, 3.8) is 0 Å². The van der Waals surface area contributed by atoms with E-state index in [4.69, 9.17) is 14.4 Å². The minimum Gasteiger partial charge on any atom is -0.455 e. The quantitative estimate of drug-likeness (QED) is 0.170. The Morgan fingerprint density at radius 3 is 1.78 bits per heavy atom. The summed E-state index contributed by atoms with van der Waals surface area (Å²) < 4.78 is 6.56. The fraction of sp³-hybridized carbons (Fsp3) is 0.0545. The average molecular weight is 743 g/mol. The molecule has 58 heavy (non-hydrogen) atoms. The van der Waals surface area contributed by atoms with Crippen LogP contribution in [0, 0.1) is 0 Å². The van der Waals surface area contributed by atoms with Crippen LogP contribution in [0.5, 0.6) is 0 Å². The first-order valence-electron chi connectivity index (χ1n) is 19.9. The summed E-state index contributed by atoms with van der Waals surface area (Å²) >= 11 is 0. The Morgan fingerprint density at radius 2 is 0.931 bits per heavy atom. The van der Waals surface area contributed by atoms with E-state index in [1.54, 1.807) is 0 Å². The number of rotatable bonds is 6. The van der Waals surface area contributed by atoms with Gasteiger partial charge in [0.1, 0.15) is 11.2 Å². The summed E-state index contributed by atoms with van der Waals surface area (Å²) in [7, 11) is 0. The Hall–Kier alpha value is -7.36. The van der Waals surface area contributed by atoms with Crippen molar-refractivity contribution in [3.8, 4) is 78.4 Å². The van der Waals surface area contributed by atoms with Crippen LogP contribution in [0.2, 0.25) is 0 Å². The molecule has 2 heterocycles. The summed E-state index contributed by atoms with van der Waals surface area (Å²) in [5.74, 6) is 0.681. The lowest BCUT2D eigenvalue weighted by Gasteiger charge is -2.21. The highest BCUT2D eigenvalue weighted by Crippen LogP contribution is 2.49. The SMILES string of the molecule is CC1(C)c2ccccc2-c2cc(-c3cccc(-c4cc(-c5cc(-c6ccccc6)cc(-c6cccc7c6oc6ccccc67)c5)nc(-c5ccccc5)n4)c3)ccc21. The second-order valence-corrected chi connectivity index (χ2v) is 15.8. The van der Waals surface area contributed by atoms with Crippen LogP contribution < -0.4 is 0 Å². The molecule has 0 radical (unpaired) electrons. The number of benzene rings is 8. The van der Waals surface area contributed by atoms with E-state index in [-0.39, 0.29) is 5.41 Å². The molecule has 0 spiro atoms. The van der Waals surface area contributed by atoms with Crippen molar-refractivity contribution in [2.75, 3.05) is 0 Å². The zero-order valence-electron chi connectivity index (χ0n) is 32.3. The number of fused-ring (bicyclic) bond motifs is 6. The number of aromatic nitrogens is 2. The molecule has 0 unspecified atom stereocenters.